The molecule has 0 saturated heterocycles. The van der Waals surface area contributed by atoms with E-state index in [2.05, 4.69) is 31.9 Å². The van der Waals surface area contributed by atoms with Crippen LogP contribution in [-0.4, -0.2) is 18.8 Å². The van der Waals surface area contributed by atoms with Gasteiger partial charge in [0.1, 0.15) is 6.54 Å². The second-order valence-electron chi connectivity index (χ2n) is 4.26. The molecule has 0 aliphatic rings. The first-order valence-corrected chi connectivity index (χ1v) is 7.34. The summed E-state index contributed by atoms with van der Waals surface area (Å²) in [6.07, 6.45) is -4.21. The molecule has 0 N–H and O–H groups in total. The van der Waals surface area contributed by atoms with Gasteiger partial charge in [-0.15, -0.1) is 0 Å². The molecule has 0 saturated carbocycles. The summed E-state index contributed by atoms with van der Waals surface area (Å²) in [5.74, 6) is 0. The van der Waals surface area contributed by atoms with Crippen molar-refractivity contribution in [3.05, 3.63) is 28.2 Å². The third-order valence-corrected chi connectivity index (χ3v) is 3.73. The zero-order valence-corrected chi connectivity index (χ0v) is 13.2. The molecule has 0 fully saturated rings. The first-order valence-electron chi connectivity index (χ1n) is 5.42. The van der Waals surface area contributed by atoms with Crippen LogP contribution in [0.4, 0.5) is 18.9 Å². The van der Waals surface area contributed by atoms with E-state index < -0.39 is 12.7 Å². The van der Waals surface area contributed by atoms with Crippen LogP contribution in [0.5, 0.6) is 0 Å². The minimum Gasteiger partial charge on any atom is -0.359 e. The Hall–Kier alpha value is -0.230. The van der Waals surface area contributed by atoms with E-state index in [9.17, 15) is 13.2 Å². The fraction of sp³-hybridized carbons (Fsp3) is 0.500. The highest BCUT2D eigenvalue weighted by atomic mass is 79.9. The van der Waals surface area contributed by atoms with Gasteiger partial charge in [0.15, 0.2) is 0 Å². The topological polar surface area (TPSA) is 3.24 Å². The van der Waals surface area contributed by atoms with Crippen molar-refractivity contribution in [2.45, 2.75) is 31.4 Å². The first-order chi connectivity index (χ1) is 8.24. The van der Waals surface area contributed by atoms with Crippen LogP contribution >= 0.6 is 31.9 Å². The van der Waals surface area contributed by atoms with Crippen molar-refractivity contribution in [3.63, 3.8) is 0 Å². The molecule has 0 spiro atoms. The molecule has 0 aromatic heterocycles. The van der Waals surface area contributed by atoms with Crippen molar-refractivity contribution in [1.82, 2.24) is 0 Å². The maximum absolute atomic E-state index is 12.6. The predicted molar refractivity (Wildman–Crippen MR) is 75.3 cm³/mol. The minimum atomic E-state index is -4.21. The Morgan fingerprint density at radius 2 is 1.89 bits per heavy atom. The lowest BCUT2D eigenvalue weighted by Gasteiger charge is -2.30. The second-order valence-corrected chi connectivity index (χ2v) is 5.67. The first kappa shape index (κ1) is 15.8. The van der Waals surface area contributed by atoms with Gasteiger partial charge in [-0.25, -0.2) is 0 Å². The molecular weight excluding hydrogens is 375 g/mol. The molecule has 1 aromatic rings. The summed E-state index contributed by atoms with van der Waals surface area (Å²) in [6, 6.07) is 5.14. The van der Waals surface area contributed by atoms with Crippen LogP contribution in [0.25, 0.3) is 0 Å². The summed E-state index contributed by atoms with van der Waals surface area (Å²) in [5, 5.41) is 0.673. The Morgan fingerprint density at radius 3 is 2.28 bits per heavy atom. The molecule has 1 aromatic carbocycles. The SMILES string of the molecule is CC(C)N(CC(F)(F)F)c1ccc(CBr)cc1Br. The molecule has 0 atom stereocenters. The average molecular weight is 389 g/mol. The number of hydrogen-bond donors (Lipinski definition) is 0. The van der Waals surface area contributed by atoms with Crippen molar-refractivity contribution in [2.24, 2.45) is 0 Å². The van der Waals surface area contributed by atoms with Crippen LogP contribution in [0.3, 0.4) is 0 Å². The highest BCUT2D eigenvalue weighted by molar-refractivity contribution is 9.10. The van der Waals surface area contributed by atoms with Gasteiger partial charge in [-0.2, -0.15) is 13.2 Å². The standard InChI is InChI=1S/C12H14Br2F3N/c1-8(2)18(7-12(15,16)17)11-4-3-9(6-13)5-10(11)14/h3-5,8H,6-7H2,1-2H3. The quantitative estimate of drug-likeness (QED) is 0.647. The predicted octanol–water partition coefficient (Wildman–Crippen LogP) is 5.12. The van der Waals surface area contributed by atoms with Crippen LogP contribution < -0.4 is 4.90 Å². The summed E-state index contributed by atoms with van der Waals surface area (Å²) in [5.41, 5.74) is 1.58. The number of hydrogen-bond acceptors (Lipinski definition) is 1. The zero-order valence-electron chi connectivity index (χ0n) is 10.1. The fourth-order valence-corrected chi connectivity index (χ4v) is 2.61. The van der Waals surface area contributed by atoms with E-state index in [0.29, 0.717) is 15.5 Å². The van der Waals surface area contributed by atoms with Crippen molar-refractivity contribution in [2.75, 3.05) is 11.4 Å². The number of anilines is 1. The number of halogens is 5. The fourth-order valence-electron chi connectivity index (χ4n) is 1.61. The molecule has 102 valence electrons. The van der Waals surface area contributed by atoms with Crippen LogP contribution in [-0.2, 0) is 5.33 Å². The smallest absolute Gasteiger partial charge is 0.359 e. The maximum atomic E-state index is 12.6. The summed E-state index contributed by atoms with van der Waals surface area (Å²) in [4.78, 5) is 1.34. The Labute approximate surface area is 122 Å². The Morgan fingerprint density at radius 1 is 1.28 bits per heavy atom. The van der Waals surface area contributed by atoms with E-state index in [-0.39, 0.29) is 6.04 Å². The van der Waals surface area contributed by atoms with Crippen molar-refractivity contribution >= 4 is 37.5 Å². The largest absolute Gasteiger partial charge is 0.405 e. The Bertz CT molecular complexity index is 405. The lowest BCUT2D eigenvalue weighted by atomic mass is 10.2. The molecule has 0 heterocycles. The molecule has 0 amide bonds. The molecule has 6 heteroatoms. The number of nitrogens with zero attached hydrogens (tertiary/aromatic N) is 1. The van der Waals surface area contributed by atoms with Gasteiger partial charge < -0.3 is 4.90 Å². The Kier molecular flexibility index (Phi) is 5.52. The molecule has 0 bridgehead atoms. The summed E-state index contributed by atoms with van der Waals surface area (Å²) in [7, 11) is 0. The van der Waals surface area contributed by atoms with Gasteiger partial charge in [0.25, 0.3) is 0 Å². The monoisotopic (exact) mass is 387 g/mol. The molecule has 0 radical (unpaired) electrons. The van der Waals surface area contributed by atoms with Gasteiger partial charge in [0, 0.05) is 15.8 Å². The van der Waals surface area contributed by atoms with E-state index in [1.165, 1.54) is 4.90 Å². The van der Waals surface area contributed by atoms with Crippen molar-refractivity contribution < 1.29 is 13.2 Å². The van der Waals surface area contributed by atoms with E-state index >= 15 is 0 Å². The number of rotatable bonds is 4. The summed E-state index contributed by atoms with van der Waals surface area (Å²) < 4.78 is 38.4. The Balaban J connectivity index is 3.06. The van der Waals surface area contributed by atoms with E-state index in [1.54, 1.807) is 19.9 Å². The third kappa shape index (κ3) is 4.46. The third-order valence-electron chi connectivity index (χ3n) is 2.45. The molecule has 0 aliphatic heterocycles. The normalized spacial score (nSPS) is 12.0. The van der Waals surface area contributed by atoms with Gasteiger partial charge in [0.05, 0.1) is 5.69 Å². The summed E-state index contributed by atoms with van der Waals surface area (Å²) >= 11 is 6.65. The number of alkyl halides is 4. The zero-order chi connectivity index (χ0) is 13.9. The van der Waals surface area contributed by atoms with Crippen molar-refractivity contribution in [3.8, 4) is 0 Å². The minimum absolute atomic E-state index is 0.224. The van der Waals surface area contributed by atoms with Crippen molar-refractivity contribution in [1.29, 1.82) is 0 Å². The van der Waals surface area contributed by atoms with E-state index in [1.807, 2.05) is 12.1 Å². The van der Waals surface area contributed by atoms with Crippen LogP contribution in [0.15, 0.2) is 22.7 Å². The van der Waals surface area contributed by atoms with Gasteiger partial charge in [-0.3, -0.25) is 0 Å². The average Bonchev–Trinajstić information content (AvgIpc) is 2.24. The molecule has 18 heavy (non-hydrogen) atoms. The second kappa shape index (κ2) is 6.28. The highest BCUT2D eigenvalue weighted by Gasteiger charge is 2.32. The highest BCUT2D eigenvalue weighted by Crippen LogP contribution is 2.31. The lowest BCUT2D eigenvalue weighted by molar-refractivity contribution is -0.120. The maximum Gasteiger partial charge on any atom is 0.405 e. The molecular formula is C12H14Br2F3N. The molecule has 0 unspecified atom stereocenters. The van der Waals surface area contributed by atoms with Crippen LogP contribution in [0.2, 0.25) is 0 Å². The van der Waals surface area contributed by atoms with Gasteiger partial charge in [0.2, 0.25) is 0 Å². The van der Waals surface area contributed by atoms with Gasteiger partial charge >= 0.3 is 6.18 Å². The van der Waals surface area contributed by atoms with E-state index in [4.69, 9.17) is 0 Å². The van der Waals surface area contributed by atoms with Crippen LogP contribution in [0, 0.1) is 0 Å². The van der Waals surface area contributed by atoms with E-state index in [0.717, 1.165) is 5.56 Å². The van der Waals surface area contributed by atoms with Gasteiger partial charge in [-0.1, -0.05) is 22.0 Å². The molecule has 1 rings (SSSR count). The summed E-state index contributed by atoms with van der Waals surface area (Å²) in [6.45, 7) is 2.55. The molecule has 0 aliphatic carbocycles. The lowest BCUT2D eigenvalue weighted by Crippen LogP contribution is -2.39. The number of benzene rings is 1. The van der Waals surface area contributed by atoms with Crippen LogP contribution in [0.1, 0.15) is 19.4 Å². The van der Waals surface area contributed by atoms with Gasteiger partial charge in [-0.05, 0) is 47.5 Å². The molecule has 1 nitrogen and oxygen atoms in total.